The first-order chi connectivity index (χ1) is 19.9. The van der Waals surface area contributed by atoms with Gasteiger partial charge in [0.15, 0.2) is 12.4 Å². The summed E-state index contributed by atoms with van der Waals surface area (Å²) in [4.78, 5) is 30.4. The molecule has 2 aromatic heterocycles. The van der Waals surface area contributed by atoms with Crippen molar-refractivity contribution in [1.82, 2.24) is 9.66 Å². The number of aromatic nitrogens is 2. The van der Waals surface area contributed by atoms with Gasteiger partial charge in [-0.3, -0.25) is 9.59 Å². The summed E-state index contributed by atoms with van der Waals surface area (Å²) in [6.07, 6.45) is 1.49. The fraction of sp³-hybridized carbons (Fsp3) is 0.0323. The zero-order valence-electron chi connectivity index (χ0n) is 21.3. The topological polar surface area (TPSA) is 98.7 Å². The average Bonchev–Trinajstić information content (AvgIpc) is 3.40. The van der Waals surface area contributed by atoms with Gasteiger partial charge in [-0.2, -0.15) is 9.78 Å². The summed E-state index contributed by atoms with van der Waals surface area (Å²) in [7, 11) is 0. The lowest BCUT2D eigenvalue weighted by molar-refractivity contribution is -0.118. The number of furan rings is 1. The maximum Gasteiger partial charge on any atom is 0.282 e. The maximum absolute atomic E-state index is 13.8. The lowest BCUT2D eigenvalue weighted by atomic mass is 10.2. The van der Waals surface area contributed by atoms with Crippen LogP contribution in [0.3, 0.4) is 0 Å². The van der Waals surface area contributed by atoms with Gasteiger partial charge in [0, 0.05) is 9.86 Å². The number of hydrogen-bond acceptors (Lipinski definition) is 6. The minimum Gasteiger partial charge on any atom is -0.484 e. The smallest absolute Gasteiger partial charge is 0.282 e. The predicted octanol–water partition coefficient (Wildman–Crippen LogP) is 6.61. The molecule has 8 nitrogen and oxygen atoms in total. The molecule has 0 fully saturated rings. The second-order valence-corrected chi connectivity index (χ2v) is 9.91. The molecule has 0 unspecified atom stereocenters. The summed E-state index contributed by atoms with van der Waals surface area (Å²) < 4.78 is 27.5. The van der Waals surface area contributed by atoms with Gasteiger partial charge >= 0.3 is 0 Å². The van der Waals surface area contributed by atoms with Gasteiger partial charge in [-0.1, -0.05) is 52.3 Å². The zero-order chi connectivity index (χ0) is 28.3. The van der Waals surface area contributed by atoms with E-state index in [4.69, 9.17) is 14.1 Å². The number of hydrogen-bond donors (Lipinski definition) is 1. The number of anilines is 1. The van der Waals surface area contributed by atoms with Gasteiger partial charge in [0.25, 0.3) is 11.5 Å². The minimum absolute atomic E-state index is 0.0734. The van der Waals surface area contributed by atoms with Gasteiger partial charge in [-0.25, -0.2) is 9.37 Å². The molecule has 6 aromatic rings. The molecular formula is C31H20BrFN4O4. The van der Waals surface area contributed by atoms with Crippen molar-refractivity contribution in [3.63, 3.8) is 0 Å². The molecule has 0 radical (unpaired) electrons. The first-order valence-electron chi connectivity index (χ1n) is 12.5. The Morgan fingerprint density at radius 2 is 1.85 bits per heavy atom. The maximum atomic E-state index is 13.8. The summed E-state index contributed by atoms with van der Waals surface area (Å²) in [6.45, 7) is -0.324. The van der Waals surface area contributed by atoms with E-state index in [1.807, 2.05) is 30.3 Å². The van der Waals surface area contributed by atoms with Crippen LogP contribution in [0.5, 0.6) is 5.75 Å². The normalized spacial score (nSPS) is 11.4. The van der Waals surface area contributed by atoms with Crippen LogP contribution in [-0.2, 0) is 4.79 Å². The Bertz CT molecular complexity index is 2020. The fourth-order valence-electron chi connectivity index (χ4n) is 4.22. The largest absolute Gasteiger partial charge is 0.484 e. The zero-order valence-corrected chi connectivity index (χ0v) is 22.8. The highest BCUT2D eigenvalue weighted by Gasteiger charge is 2.16. The number of nitrogens with zero attached hydrogens (tertiary/aromatic N) is 3. The molecule has 0 saturated carbocycles. The Balaban J connectivity index is 1.29. The van der Waals surface area contributed by atoms with E-state index in [0.29, 0.717) is 33.6 Å². The van der Waals surface area contributed by atoms with Crippen LogP contribution < -0.4 is 15.6 Å². The molecule has 0 spiro atoms. The van der Waals surface area contributed by atoms with Crippen molar-refractivity contribution in [1.29, 1.82) is 0 Å². The number of para-hydroxylation sites is 2. The molecule has 2 heterocycles. The van der Waals surface area contributed by atoms with Crippen LogP contribution in [0, 0.1) is 5.82 Å². The molecule has 1 amide bonds. The van der Waals surface area contributed by atoms with Gasteiger partial charge in [0.1, 0.15) is 17.1 Å². The Kier molecular flexibility index (Phi) is 7.13. The van der Waals surface area contributed by atoms with Crippen molar-refractivity contribution < 1.29 is 18.3 Å². The van der Waals surface area contributed by atoms with E-state index in [1.54, 1.807) is 48.5 Å². The first-order valence-corrected chi connectivity index (χ1v) is 13.3. The van der Waals surface area contributed by atoms with Crippen LogP contribution in [0.15, 0.2) is 116 Å². The molecule has 0 bridgehead atoms. The standard InChI is InChI=1S/C31H20BrFN4O4/c32-21-12-13-27-20(15-21)16-28(41-27)30-36-25-10-3-1-8-23(25)31(39)37(30)34-17-19-6-5-7-22(14-19)40-18-29(38)35-26-11-4-2-9-24(26)33/h1-17H,18H2,(H,35,38). The molecule has 0 atom stereocenters. The van der Waals surface area contributed by atoms with Crippen LogP contribution in [0.2, 0.25) is 0 Å². The van der Waals surface area contributed by atoms with Crippen LogP contribution >= 0.6 is 15.9 Å². The van der Waals surface area contributed by atoms with Crippen LogP contribution in [-0.4, -0.2) is 28.4 Å². The van der Waals surface area contributed by atoms with Gasteiger partial charge in [0.05, 0.1) is 22.8 Å². The Morgan fingerprint density at radius 3 is 2.73 bits per heavy atom. The average molecular weight is 611 g/mol. The van der Waals surface area contributed by atoms with Crippen molar-refractivity contribution in [3.8, 4) is 17.3 Å². The van der Waals surface area contributed by atoms with E-state index in [0.717, 1.165) is 9.86 Å². The summed E-state index contributed by atoms with van der Waals surface area (Å²) >= 11 is 3.47. The number of carbonyl (C=O) groups excluding carboxylic acids is 1. The number of ether oxygens (including phenoxy) is 1. The highest BCUT2D eigenvalue weighted by Crippen LogP contribution is 2.29. The third kappa shape index (κ3) is 5.64. The van der Waals surface area contributed by atoms with Gasteiger partial charge in [-0.05, 0) is 66.2 Å². The summed E-state index contributed by atoms with van der Waals surface area (Å²) in [5, 5.41) is 8.19. The van der Waals surface area contributed by atoms with Crippen molar-refractivity contribution in [2.45, 2.75) is 0 Å². The Labute approximate surface area is 240 Å². The minimum atomic E-state index is -0.535. The Morgan fingerprint density at radius 1 is 1.02 bits per heavy atom. The molecule has 0 saturated heterocycles. The van der Waals surface area contributed by atoms with Crippen molar-refractivity contribution >= 4 is 55.6 Å². The van der Waals surface area contributed by atoms with Gasteiger partial charge < -0.3 is 14.5 Å². The van der Waals surface area contributed by atoms with E-state index < -0.39 is 11.7 Å². The number of benzene rings is 4. The third-order valence-electron chi connectivity index (χ3n) is 6.15. The van der Waals surface area contributed by atoms with Crippen molar-refractivity contribution in [3.05, 3.63) is 123 Å². The van der Waals surface area contributed by atoms with Gasteiger partial charge in [-0.15, -0.1) is 0 Å². The SMILES string of the molecule is O=C(COc1cccc(C=Nn2c(-c3cc4cc(Br)ccc4o3)nc3ccccc3c2=O)c1)Nc1ccccc1F. The molecule has 1 N–H and O–H groups in total. The van der Waals surface area contributed by atoms with E-state index in [-0.39, 0.29) is 23.7 Å². The van der Waals surface area contributed by atoms with Crippen LogP contribution in [0.1, 0.15) is 5.56 Å². The number of rotatable bonds is 7. The predicted molar refractivity (Wildman–Crippen MR) is 159 cm³/mol. The Hall–Kier alpha value is -5.09. The molecule has 6 rings (SSSR count). The molecule has 41 heavy (non-hydrogen) atoms. The molecule has 0 aliphatic heterocycles. The van der Waals surface area contributed by atoms with Crippen molar-refractivity contribution in [2.75, 3.05) is 11.9 Å². The number of fused-ring (bicyclic) bond motifs is 2. The second-order valence-electron chi connectivity index (χ2n) is 9.00. The van der Waals surface area contributed by atoms with E-state index >= 15 is 0 Å². The number of amides is 1. The number of halogens is 2. The van der Waals surface area contributed by atoms with E-state index in [2.05, 4.69) is 26.3 Å². The number of nitrogens with one attached hydrogen (secondary N) is 1. The first kappa shape index (κ1) is 26.1. The monoisotopic (exact) mass is 610 g/mol. The molecule has 0 aliphatic carbocycles. The third-order valence-corrected chi connectivity index (χ3v) is 6.64. The highest BCUT2D eigenvalue weighted by molar-refractivity contribution is 9.10. The summed E-state index contributed by atoms with van der Waals surface area (Å²) in [5.41, 5.74) is 1.48. The number of carbonyl (C=O) groups is 1. The molecule has 10 heteroatoms. The lowest BCUT2D eigenvalue weighted by Crippen LogP contribution is -2.21. The van der Waals surface area contributed by atoms with Gasteiger partial charge in [0.2, 0.25) is 5.82 Å². The summed E-state index contributed by atoms with van der Waals surface area (Å²) in [6, 6.07) is 27.2. The molecular weight excluding hydrogens is 591 g/mol. The van der Waals surface area contributed by atoms with Crippen molar-refractivity contribution in [2.24, 2.45) is 5.10 Å². The van der Waals surface area contributed by atoms with Crippen LogP contribution in [0.25, 0.3) is 33.5 Å². The molecule has 202 valence electrons. The van der Waals surface area contributed by atoms with Crippen LogP contribution in [0.4, 0.5) is 10.1 Å². The van der Waals surface area contributed by atoms with E-state index in [1.165, 1.54) is 29.1 Å². The lowest BCUT2D eigenvalue weighted by Gasteiger charge is -2.09. The quantitative estimate of drug-likeness (QED) is 0.205. The summed E-state index contributed by atoms with van der Waals surface area (Å²) in [5.74, 6) is -0.0203. The molecule has 0 aliphatic rings. The van der Waals surface area contributed by atoms with E-state index in [9.17, 15) is 14.0 Å². The molecule has 4 aromatic carbocycles. The fourth-order valence-corrected chi connectivity index (χ4v) is 4.60. The second kappa shape index (κ2) is 11.2. The highest BCUT2D eigenvalue weighted by atomic mass is 79.9.